The van der Waals surface area contributed by atoms with Gasteiger partial charge in [-0.05, 0) is 38.1 Å². The lowest BCUT2D eigenvalue weighted by Gasteiger charge is -2.50. The van der Waals surface area contributed by atoms with E-state index in [2.05, 4.69) is 20.2 Å². The molecule has 4 aliphatic rings. The molecule has 0 saturated carbocycles. The zero-order valence-electron chi connectivity index (χ0n) is 12.2. The summed E-state index contributed by atoms with van der Waals surface area (Å²) in [5.41, 5.74) is -0.106. The number of amidine groups is 1. The van der Waals surface area contributed by atoms with E-state index in [1.807, 2.05) is 12.1 Å². The van der Waals surface area contributed by atoms with E-state index in [9.17, 15) is 0 Å². The number of aliphatic imine (C=N–C) groups is 1. The van der Waals surface area contributed by atoms with E-state index >= 15 is 0 Å². The van der Waals surface area contributed by atoms with E-state index in [1.54, 1.807) is 13.3 Å². The number of fused-ring (bicyclic) bond motifs is 2. The van der Waals surface area contributed by atoms with Crippen LogP contribution in [0.4, 0.5) is 5.82 Å². The Balaban J connectivity index is 1.44. The fourth-order valence-electron chi connectivity index (χ4n) is 3.63. The molecule has 21 heavy (non-hydrogen) atoms. The monoisotopic (exact) mass is 288 g/mol. The SMILES string of the molecule is COc1ccc(NC2=NC[C@@]3(CN4CCC3CC4)O2)nc1. The van der Waals surface area contributed by atoms with Crippen LogP contribution in [0.15, 0.2) is 23.3 Å². The minimum atomic E-state index is -0.106. The number of piperidine rings is 3. The molecule has 0 radical (unpaired) electrons. The maximum absolute atomic E-state index is 6.21. The van der Waals surface area contributed by atoms with E-state index in [-0.39, 0.29) is 5.60 Å². The molecule has 5 rings (SSSR count). The summed E-state index contributed by atoms with van der Waals surface area (Å²) in [7, 11) is 1.63. The molecule has 0 unspecified atom stereocenters. The summed E-state index contributed by atoms with van der Waals surface area (Å²) in [6.07, 6.45) is 4.13. The van der Waals surface area contributed by atoms with Crippen LogP contribution < -0.4 is 10.1 Å². The molecule has 1 N–H and O–H groups in total. The zero-order valence-corrected chi connectivity index (χ0v) is 12.2. The second-order valence-electron chi connectivity index (χ2n) is 6.05. The fourth-order valence-corrected chi connectivity index (χ4v) is 3.63. The lowest BCUT2D eigenvalue weighted by atomic mass is 9.75. The topological polar surface area (TPSA) is 59.0 Å². The summed E-state index contributed by atoms with van der Waals surface area (Å²) in [5, 5.41) is 3.17. The first-order valence-electron chi connectivity index (χ1n) is 7.50. The van der Waals surface area contributed by atoms with Crippen molar-refractivity contribution in [2.75, 3.05) is 38.6 Å². The fraction of sp³-hybridized carbons (Fsp3) is 0.600. The van der Waals surface area contributed by atoms with Crippen LogP contribution in [-0.2, 0) is 4.74 Å². The molecule has 0 aliphatic carbocycles. The third-order valence-electron chi connectivity index (χ3n) is 4.82. The van der Waals surface area contributed by atoms with Crippen LogP contribution in [0.1, 0.15) is 12.8 Å². The number of methoxy groups -OCH3 is 1. The molecule has 0 aromatic carbocycles. The molecule has 1 atom stereocenters. The predicted octanol–water partition coefficient (Wildman–Crippen LogP) is 1.35. The maximum Gasteiger partial charge on any atom is 0.291 e. The smallest absolute Gasteiger partial charge is 0.291 e. The highest BCUT2D eigenvalue weighted by Crippen LogP contribution is 2.40. The number of nitrogens with zero attached hydrogens (tertiary/aromatic N) is 3. The van der Waals surface area contributed by atoms with Gasteiger partial charge in [-0.15, -0.1) is 0 Å². The number of pyridine rings is 1. The summed E-state index contributed by atoms with van der Waals surface area (Å²) in [4.78, 5) is 11.3. The molecule has 112 valence electrons. The van der Waals surface area contributed by atoms with Crippen LogP contribution in [0, 0.1) is 5.92 Å². The molecular weight excluding hydrogens is 268 g/mol. The molecular formula is C15H20N4O2. The van der Waals surface area contributed by atoms with Crippen molar-refractivity contribution in [3.8, 4) is 5.75 Å². The number of hydrogen-bond donors (Lipinski definition) is 1. The first-order valence-corrected chi connectivity index (χ1v) is 7.50. The molecule has 1 aromatic heterocycles. The average Bonchev–Trinajstić information content (AvgIpc) is 2.91. The van der Waals surface area contributed by atoms with E-state index < -0.39 is 0 Å². The van der Waals surface area contributed by atoms with E-state index in [0.29, 0.717) is 11.9 Å². The summed E-state index contributed by atoms with van der Waals surface area (Å²) in [6, 6.07) is 4.34. The minimum Gasteiger partial charge on any atom is -0.495 e. The van der Waals surface area contributed by atoms with Crippen molar-refractivity contribution in [2.24, 2.45) is 10.9 Å². The molecule has 4 aliphatic heterocycles. The molecule has 6 heteroatoms. The Bertz CT molecular complexity index is 551. The third-order valence-corrected chi connectivity index (χ3v) is 4.82. The Hall–Kier alpha value is -1.82. The Morgan fingerprint density at radius 3 is 2.86 bits per heavy atom. The van der Waals surface area contributed by atoms with E-state index in [0.717, 1.165) is 24.7 Å². The summed E-state index contributed by atoms with van der Waals surface area (Å²) < 4.78 is 11.3. The lowest BCUT2D eigenvalue weighted by molar-refractivity contribution is -0.0829. The number of nitrogens with one attached hydrogen (secondary N) is 1. The Kier molecular flexibility index (Phi) is 2.99. The first-order chi connectivity index (χ1) is 10.3. The molecule has 3 saturated heterocycles. The van der Waals surface area contributed by atoms with Crippen LogP contribution in [0.25, 0.3) is 0 Å². The van der Waals surface area contributed by atoms with Crippen LogP contribution >= 0.6 is 0 Å². The number of aromatic nitrogens is 1. The van der Waals surface area contributed by atoms with E-state index in [1.165, 1.54) is 25.9 Å². The highest BCUT2D eigenvalue weighted by molar-refractivity contribution is 5.89. The Morgan fingerprint density at radius 1 is 1.38 bits per heavy atom. The van der Waals surface area contributed by atoms with Crippen LogP contribution in [0.5, 0.6) is 5.75 Å². The molecule has 1 spiro atoms. The van der Waals surface area contributed by atoms with Crippen molar-refractivity contribution in [1.82, 2.24) is 9.88 Å². The van der Waals surface area contributed by atoms with Gasteiger partial charge < -0.3 is 9.47 Å². The minimum absolute atomic E-state index is 0.106. The summed E-state index contributed by atoms with van der Waals surface area (Å²) >= 11 is 0. The molecule has 1 aromatic rings. The second-order valence-corrected chi connectivity index (χ2v) is 6.05. The van der Waals surface area contributed by atoms with Gasteiger partial charge in [-0.3, -0.25) is 10.2 Å². The van der Waals surface area contributed by atoms with Crippen molar-refractivity contribution in [3.63, 3.8) is 0 Å². The van der Waals surface area contributed by atoms with Gasteiger partial charge in [0.15, 0.2) is 0 Å². The largest absolute Gasteiger partial charge is 0.495 e. The van der Waals surface area contributed by atoms with Crippen molar-refractivity contribution in [3.05, 3.63) is 18.3 Å². The van der Waals surface area contributed by atoms with Crippen LogP contribution in [0.3, 0.4) is 0 Å². The van der Waals surface area contributed by atoms with Crippen LogP contribution in [0.2, 0.25) is 0 Å². The van der Waals surface area contributed by atoms with Gasteiger partial charge in [-0.2, -0.15) is 0 Å². The van der Waals surface area contributed by atoms with Gasteiger partial charge in [-0.1, -0.05) is 0 Å². The van der Waals surface area contributed by atoms with Crippen molar-refractivity contribution < 1.29 is 9.47 Å². The third kappa shape index (κ3) is 2.23. The summed E-state index contributed by atoms with van der Waals surface area (Å²) in [6.45, 7) is 4.17. The van der Waals surface area contributed by atoms with E-state index in [4.69, 9.17) is 9.47 Å². The number of hydrogen-bond acceptors (Lipinski definition) is 6. The average molecular weight is 288 g/mol. The second kappa shape index (κ2) is 4.87. The van der Waals surface area contributed by atoms with Gasteiger partial charge in [0.25, 0.3) is 6.02 Å². The number of ether oxygens (including phenoxy) is 2. The Morgan fingerprint density at radius 2 is 2.24 bits per heavy atom. The van der Waals surface area contributed by atoms with Crippen LogP contribution in [-0.4, -0.2) is 54.8 Å². The standard InChI is InChI=1S/C15H20N4O2/c1-20-12-2-3-13(16-8-12)18-14-17-9-15(21-14)10-19-6-4-11(15)5-7-19/h2-3,8,11H,4-7,9-10H2,1H3,(H,16,17,18)/t15-/m0/s1. The highest BCUT2D eigenvalue weighted by atomic mass is 16.5. The zero-order chi connectivity index (χ0) is 14.3. The van der Waals surface area contributed by atoms with Gasteiger partial charge >= 0.3 is 0 Å². The van der Waals surface area contributed by atoms with Gasteiger partial charge in [0.1, 0.15) is 17.2 Å². The molecule has 6 nitrogen and oxygen atoms in total. The van der Waals surface area contributed by atoms with Gasteiger partial charge in [0.05, 0.1) is 19.9 Å². The van der Waals surface area contributed by atoms with Gasteiger partial charge in [-0.25, -0.2) is 9.98 Å². The van der Waals surface area contributed by atoms with Crippen molar-refractivity contribution in [2.45, 2.75) is 18.4 Å². The maximum atomic E-state index is 6.21. The summed E-state index contributed by atoms with van der Waals surface area (Å²) in [5.74, 6) is 2.10. The lowest BCUT2D eigenvalue weighted by Crippen LogP contribution is -2.61. The first kappa shape index (κ1) is 12.9. The number of anilines is 1. The van der Waals surface area contributed by atoms with Gasteiger partial charge in [0.2, 0.25) is 0 Å². The molecule has 3 fully saturated rings. The Labute approximate surface area is 124 Å². The van der Waals surface area contributed by atoms with Gasteiger partial charge in [0, 0.05) is 12.5 Å². The van der Waals surface area contributed by atoms with Crippen molar-refractivity contribution >= 4 is 11.8 Å². The molecule has 0 amide bonds. The number of rotatable bonds is 2. The quantitative estimate of drug-likeness (QED) is 0.890. The van der Waals surface area contributed by atoms with Crippen molar-refractivity contribution in [1.29, 1.82) is 0 Å². The molecule has 2 bridgehead atoms. The highest BCUT2D eigenvalue weighted by Gasteiger charge is 2.51. The molecule has 5 heterocycles. The predicted molar refractivity (Wildman–Crippen MR) is 79.7 cm³/mol. The normalized spacial score (nSPS) is 33.7.